The normalized spacial score (nSPS) is 21.9. The summed E-state index contributed by atoms with van der Waals surface area (Å²) in [6, 6.07) is 8.14. The second-order valence-electron chi connectivity index (χ2n) is 7.96. The van der Waals surface area contributed by atoms with Gasteiger partial charge in [-0.25, -0.2) is 4.68 Å². The number of fused-ring (bicyclic) bond motifs is 1. The highest BCUT2D eigenvalue weighted by molar-refractivity contribution is 5.94. The number of carboxylic acid groups (broad SMARTS) is 1. The van der Waals surface area contributed by atoms with E-state index in [-0.39, 0.29) is 18.4 Å². The van der Waals surface area contributed by atoms with Crippen LogP contribution in [0.1, 0.15) is 47.1 Å². The van der Waals surface area contributed by atoms with Gasteiger partial charge in [-0.3, -0.25) is 9.59 Å². The summed E-state index contributed by atoms with van der Waals surface area (Å²) in [6.07, 6.45) is 3.41. The molecule has 27 heavy (non-hydrogen) atoms. The topological polar surface area (TPSA) is 75.4 Å². The fraction of sp³-hybridized carbons (Fsp3) is 0.476. The van der Waals surface area contributed by atoms with Gasteiger partial charge in [0.15, 0.2) is 5.69 Å². The number of rotatable bonds is 3. The van der Waals surface area contributed by atoms with Crippen molar-refractivity contribution in [2.75, 3.05) is 13.1 Å². The first-order valence-corrected chi connectivity index (χ1v) is 9.64. The number of amides is 1. The van der Waals surface area contributed by atoms with E-state index in [4.69, 9.17) is 0 Å². The zero-order valence-electron chi connectivity index (χ0n) is 15.8. The molecule has 2 aromatic rings. The molecule has 1 N–H and O–H groups in total. The van der Waals surface area contributed by atoms with Crippen LogP contribution in [0, 0.1) is 18.8 Å². The smallest absolute Gasteiger partial charge is 0.308 e. The summed E-state index contributed by atoms with van der Waals surface area (Å²) >= 11 is 0. The van der Waals surface area contributed by atoms with Gasteiger partial charge in [-0.15, -0.1) is 0 Å². The van der Waals surface area contributed by atoms with Crippen molar-refractivity contribution in [3.8, 4) is 5.69 Å². The van der Waals surface area contributed by atoms with Crippen molar-refractivity contribution >= 4 is 11.9 Å². The minimum atomic E-state index is -0.824. The Labute approximate surface area is 158 Å². The van der Waals surface area contributed by atoms with Crippen LogP contribution >= 0.6 is 0 Å². The number of piperidine rings is 1. The summed E-state index contributed by atoms with van der Waals surface area (Å²) < 4.78 is 1.90. The highest BCUT2D eigenvalue weighted by atomic mass is 16.4. The molecule has 6 nitrogen and oxygen atoms in total. The molecule has 1 aromatic heterocycles. The summed E-state index contributed by atoms with van der Waals surface area (Å²) in [5.41, 5.74) is 4.79. The number of nitrogens with zero attached hydrogens (tertiary/aromatic N) is 3. The maximum absolute atomic E-state index is 13.2. The number of hydrogen-bond donors (Lipinski definition) is 1. The first kappa shape index (κ1) is 17.8. The minimum Gasteiger partial charge on any atom is -0.481 e. The number of benzene rings is 1. The number of carboxylic acids is 1. The maximum atomic E-state index is 13.2. The highest BCUT2D eigenvalue weighted by Gasteiger charge is 2.35. The van der Waals surface area contributed by atoms with Gasteiger partial charge in [0.1, 0.15) is 0 Å². The standard InChI is InChI=1S/C21H25N3O3/c1-13-6-8-16(9-7-13)24-18-5-3-4-17(18)19(22-24)20(25)23-11-14(2)10-15(12-23)21(26)27/h6-9,14-15H,3-5,10-12H2,1-2H3,(H,26,27). The Bertz CT molecular complexity index is 885. The van der Waals surface area contributed by atoms with E-state index in [0.29, 0.717) is 18.7 Å². The number of aliphatic carboxylic acids is 1. The van der Waals surface area contributed by atoms with Crippen molar-refractivity contribution in [2.24, 2.45) is 11.8 Å². The van der Waals surface area contributed by atoms with Crippen LogP contribution in [0.15, 0.2) is 24.3 Å². The Morgan fingerprint density at radius 1 is 1.15 bits per heavy atom. The fourth-order valence-corrected chi connectivity index (χ4v) is 4.35. The van der Waals surface area contributed by atoms with Crippen LogP contribution in [0.4, 0.5) is 0 Å². The molecule has 142 valence electrons. The van der Waals surface area contributed by atoms with E-state index < -0.39 is 11.9 Å². The predicted molar refractivity (Wildman–Crippen MR) is 101 cm³/mol. The van der Waals surface area contributed by atoms with E-state index in [0.717, 1.165) is 36.2 Å². The lowest BCUT2D eigenvalue weighted by Crippen LogP contribution is -2.45. The molecule has 1 fully saturated rings. The summed E-state index contributed by atoms with van der Waals surface area (Å²) in [5.74, 6) is -1.27. The largest absolute Gasteiger partial charge is 0.481 e. The summed E-state index contributed by atoms with van der Waals surface area (Å²) in [7, 11) is 0. The van der Waals surface area contributed by atoms with Gasteiger partial charge in [-0.05, 0) is 50.7 Å². The van der Waals surface area contributed by atoms with Gasteiger partial charge in [0.25, 0.3) is 5.91 Å². The van der Waals surface area contributed by atoms with Crippen molar-refractivity contribution in [1.82, 2.24) is 14.7 Å². The molecular formula is C21H25N3O3. The number of hydrogen-bond acceptors (Lipinski definition) is 3. The lowest BCUT2D eigenvalue weighted by molar-refractivity contribution is -0.143. The molecule has 1 amide bonds. The molecule has 1 aliphatic heterocycles. The second-order valence-corrected chi connectivity index (χ2v) is 7.96. The van der Waals surface area contributed by atoms with Gasteiger partial charge in [0.05, 0.1) is 11.6 Å². The van der Waals surface area contributed by atoms with Gasteiger partial charge >= 0.3 is 5.97 Å². The molecule has 0 spiro atoms. The van der Waals surface area contributed by atoms with Gasteiger partial charge in [-0.1, -0.05) is 24.6 Å². The highest BCUT2D eigenvalue weighted by Crippen LogP contribution is 2.30. The van der Waals surface area contributed by atoms with E-state index >= 15 is 0 Å². The molecule has 2 unspecified atom stereocenters. The molecule has 0 saturated carbocycles. The molecule has 1 saturated heterocycles. The van der Waals surface area contributed by atoms with E-state index in [2.05, 4.69) is 5.10 Å². The van der Waals surface area contributed by atoms with Crippen LogP contribution in [0.3, 0.4) is 0 Å². The molecule has 1 aliphatic carbocycles. The van der Waals surface area contributed by atoms with Crippen molar-refractivity contribution in [3.05, 3.63) is 46.8 Å². The van der Waals surface area contributed by atoms with Gasteiger partial charge in [-0.2, -0.15) is 5.10 Å². The van der Waals surface area contributed by atoms with E-state index in [1.165, 1.54) is 5.56 Å². The minimum absolute atomic E-state index is 0.128. The third-order valence-electron chi connectivity index (χ3n) is 5.71. The number of carbonyl (C=O) groups is 2. The number of aryl methyl sites for hydroxylation is 1. The van der Waals surface area contributed by atoms with Crippen molar-refractivity contribution in [3.63, 3.8) is 0 Å². The van der Waals surface area contributed by atoms with Crippen LogP contribution in [-0.2, 0) is 17.6 Å². The summed E-state index contributed by atoms with van der Waals surface area (Å²) in [4.78, 5) is 26.4. The average Bonchev–Trinajstić information content (AvgIpc) is 3.24. The Balaban J connectivity index is 1.68. The Kier molecular flexibility index (Phi) is 4.50. The Hall–Kier alpha value is -2.63. The van der Waals surface area contributed by atoms with Crippen LogP contribution in [0.2, 0.25) is 0 Å². The molecule has 6 heteroatoms. The quantitative estimate of drug-likeness (QED) is 0.905. The second kappa shape index (κ2) is 6.83. The lowest BCUT2D eigenvalue weighted by atomic mass is 9.90. The molecule has 1 aromatic carbocycles. The Morgan fingerprint density at radius 2 is 1.89 bits per heavy atom. The van der Waals surface area contributed by atoms with Crippen LogP contribution in [0.25, 0.3) is 5.69 Å². The van der Waals surface area contributed by atoms with E-state index in [1.54, 1.807) is 4.90 Å². The van der Waals surface area contributed by atoms with Gasteiger partial charge in [0.2, 0.25) is 0 Å². The number of aromatic nitrogens is 2. The van der Waals surface area contributed by atoms with Gasteiger partial charge in [0, 0.05) is 24.3 Å². The van der Waals surface area contributed by atoms with E-state index in [9.17, 15) is 14.7 Å². The fourth-order valence-electron chi connectivity index (χ4n) is 4.35. The van der Waals surface area contributed by atoms with Gasteiger partial charge < -0.3 is 10.0 Å². The van der Waals surface area contributed by atoms with Crippen LogP contribution in [-0.4, -0.2) is 44.8 Å². The predicted octanol–water partition coefficient (Wildman–Crippen LogP) is 2.85. The molecule has 2 atom stereocenters. The SMILES string of the molecule is Cc1ccc(-n2nc(C(=O)N3CC(C)CC(C(=O)O)C3)c3c2CCC3)cc1. The van der Waals surface area contributed by atoms with E-state index in [1.807, 2.05) is 42.8 Å². The zero-order valence-corrected chi connectivity index (χ0v) is 15.8. The Morgan fingerprint density at radius 3 is 2.59 bits per heavy atom. The first-order valence-electron chi connectivity index (χ1n) is 9.64. The third kappa shape index (κ3) is 3.24. The molecule has 0 radical (unpaired) electrons. The maximum Gasteiger partial charge on any atom is 0.308 e. The summed E-state index contributed by atoms with van der Waals surface area (Å²) in [6.45, 7) is 4.91. The van der Waals surface area contributed by atoms with Crippen LogP contribution in [0.5, 0.6) is 0 Å². The van der Waals surface area contributed by atoms with Crippen molar-refractivity contribution in [1.29, 1.82) is 0 Å². The van der Waals surface area contributed by atoms with Crippen molar-refractivity contribution < 1.29 is 14.7 Å². The summed E-state index contributed by atoms with van der Waals surface area (Å²) in [5, 5.41) is 14.1. The lowest BCUT2D eigenvalue weighted by Gasteiger charge is -2.34. The first-order chi connectivity index (χ1) is 12.9. The molecular weight excluding hydrogens is 342 g/mol. The third-order valence-corrected chi connectivity index (χ3v) is 5.71. The number of likely N-dealkylation sites (tertiary alicyclic amines) is 1. The molecule has 4 rings (SSSR count). The monoisotopic (exact) mass is 367 g/mol. The molecule has 2 heterocycles. The number of carbonyl (C=O) groups excluding carboxylic acids is 1. The average molecular weight is 367 g/mol. The molecule has 2 aliphatic rings. The zero-order chi connectivity index (χ0) is 19.1. The van der Waals surface area contributed by atoms with Crippen LogP contribution < -0.4 is 0 Å². The molecule has 0 bridgehead atoms. The van der Waals surface area contributed by atoms with Crippen molar-refractivity contribution in [2.45, 2.75) is 39.5 Å².